The van der Waals surface area contributed by atoms with Crippen molar-refractivity contribution in [1.82, 2.24) is 10.2 Å². The molecule has 6 nitrogen and oxygen atoms in total. The quantitative estimate of drug-likeness (QED) is 0.655. The highest BCUT2D eigenvalue weighted by atomic mass is 16.3. The summed E-state index contributed by atoms with van der Waals surface area (Å²) in [6, 6.07) is 15.0. The molecule has 2 aromatic carbocycles. The molecule has 0 bridgehead atoms. The van der Waals surface area contributed by atoms with Gasteiger partial charge in [-0.25, -0.2) is 0 Å². The van der Waals surface area contributed by atoms with Crippen LogP contribution in [-0.2, 0) is 16.9 Å². The van der Waals surface area contributed by atoms with Crippen LogP contribution in [-0.4, -0.2) is 27.0 Å². The molecule has 0 saturated carbocycles. The number of nitrogens with zero attached hydrogens (tertiary/aromatic N) is 2. The number of aromatic amines is 1. The van der Waals surface area contributed by atoms with Crippen LogP contribution in [0.1, 0.15) is 44.9 Å². The van der Waals surface area contributed by atoms with Crippen molar-refractivity contribution >= 4 is 17.4 Å². The number of amides is 1. The summed E-state index contributed by atoms with van der Waals surface area (Å²) in [7, 11) is 0. The summed E-state index contributed by atoms with van der Waals surface area (Å²) in [5.74, 6) is -0.789. The van der Waals surface area contributed by atoms with Crippen LogP contribution in [0.3, 0.4) is 0 Å². The lowest BCUT2D eigenvalue weighted by molar-refractivity contribution is -0.136. The average Bonchev–Trinajstić information content (AvgIpc) is 3.14. The first-order valence-electron chi connectivity index (χ1n) is 9.55. The van der Waals surface area contributed by atoms with Crippen LogP contribution in [0.25, 0.3) is 0 Å². The van der Waals surface area contributed by atoms with Gasteiger partial charge in [0.15, 0.2) is 11.4 Å². The summed E-state index contributed by atoms with van der Waals surface area (Å²) < 4.78 is 0. The summed E-state index contributed by atoms with van der Waals surface area (Å²) >= 11 is 0. The average molecular weight is 389 g/mol. The maximum atomic E-state index is 13.3. The van der Waals surface area contributed by atoms with Crippen molar-refractivity contribution in [3.63, 3.8) is 0 Å². The molecule has 1 aromatic heterocycles. The van der Waals surface area contributed by atoms with Crippen molar-refractivity contribution in [2.45, 2.75) is 39.3 Å². The van der Waals surface area contributed by atoms with Gasteiger partial charge >= 0.3 is 0 Å². The number of hydrogen-bond donors (Lipinski definition) is 2. The summed E-state index contributed by atoms with van der Waals surface area (Å²) in [5.41, 5.74) is 2.91. The first-order chi connectivity index (χ1) is 13.8. The fraction of sp³-hybridized carbons (Fsp3) is 0.261. The predicted molar refractivity (Wildman–Crippen MR) is 110 cm³/mol. The molecule has 6 heteroatoms. The number of nitrogens with one attached hydrogen (secondary N) is 1. The SMILES string of the molecule is Cc1ccc(CN2C(=O)[C@@](O)(CC(=O)c3c(C)n[nH]c3C)c3ccccc32)cc1. The number of aryl methyl sites for hydroxylation is 3. The third-order valence-electron chi connectivity index (χ3n) is 5.52. The molecule has 1 aliphatic rings. The third kappa shape index (κ3) is 3.15. The minimum Gasteiger partial charge on any atom is -0.375 e. The minimum atomic E-state index is -1.89. The lowest BCUT2D eigenvalue weighted by Crippen LogP contribution is -2.41. The van der Waals surface area contributed by atoms with Crippen LogP contribution >= 0.6 is 0 Å². The van der Waals surface area contributed by atoms with Crippen LogP contribution in [0.4, 0.5) is 5.69 Å². The largest absolute Gasteiger partial charge is 0.375 e. The van der Waals surface area contributed by atoms with Crippen LogP contribution in [0.15, 0.2) is 48.5 Å². The molecular formula is C23H23N3O3. The van der Waals surface area contributed by atoms with Gasteiger partial charge in [0.2, 0.25) is 0 Å². The van der Waals surface area contributed by atoms with E-state index in [0.717, 1.165) is 11.1 Å². The van der Waals surface area contributed by atoms with Gasteiger partial charge in [-0.15, -0.1) is 0 Å². The number of aromatic nitrogens is 2. The van der Waals surface area contributed by atoms with E-state index >= 15 is 0 Å². The number of hydrogen-bond acceptors (Lipinski definition) is 4. The van der Waals surface area contributed by atoms with E-state index in [9.17, 15) is 14.7 Å². The highest BCUT2D eigenvalue weighted by Crippen LogP contribution is 2.43. The summed E-state index contributed by atoms with van der Waals surface area (Å²) in [5, 5.41) is 18.2. The summed E-state index contributed by atoms with van der Waals surface area (Å²) in [6.45, 7) is 5.82. The number of carbonyl (C=O) groups excluding carboxylic acids is 2. The number of carbonyl (C=O) groups is 2. The van der Waals surface area contributed by atoms with Crippen LogP contribution < -0.4 is 4.90 Å². The monoisotopic (exact) mass is 389 g/mol. The Hall–Kier alpha value is -3.25. The summed E-state index contributed by atoms with van der Waals surface area (Å²) in [4.78, 5) is 27.9. The zero-order chi connectivity index (χ0) is 20.8. The number of ketones is 1. The Bertz CT molecular complexity index is 1080. The number of benzene rings is 2. The third-order valence-corrected chi connectivity index (χ3v) is 5.52. The minimum absolute atomic E-state index is 0.309. The Morgan fingerprint density at radius 3 is 2.45 bits per heavy atom. The molecule has 2 N–H and O–H groups in total. The molecular weight excluding hydrogens is 366 g/mol. The molecule has 1 atom stereocenters. The molecule has 1 aliphatic heterocycles. The summed E-state index contributed by atoms with van der Waals surface area (Å²) in [6.07, 6.45) is -0.325. The van der Waals surface area contributed by atoms with Crippen molar-refractivity contribution in [3.05, 3.63) is 82.2 Å². The van der Waals surface area contributed by atoms with E-state index in [1.807, 2.05) is 37.3 Å². The number of para-hydroxylation sites is 1. The van der Waals surface area contributed by atoms with Gasteiger partial charge in [0.25, 0.3) is 5.91 Å². The van der Waals surface area contributed by atoms with Crippen LogP contribution in [0.5, 0.6) is 0 Å². The van der Waals surface area contributed by atoms with Gasteiger partial charge in [-0.05, 0) is 32.4 Å². The molecule has 0 radical (unpaired) electrons. The molecule has 4 rings (SSSR count). The number of aliphatic hydroxyl groups is 1. The maximum Gasteiger partial charge on any atom is 0.264 e. The van der Waals surface area contributed by atoms with Gasteiger partial charge in [-0.1, -0.05) is 48.0 Å². The lowest BCUT2D eigenvalue weighted by Gasteiger charge is -2.23. The van der Waals surface area contributed by atoms with E-state index in [-0.39, 0.29) is 12.2 Å². The zero-order valence-corrected chi connectivity index (χ0v) is 16.7. The van der Waals surface area contributed by atoms with E-state index in [1.54, 1.807) is 36.9 Å². The first-order valence-corrected chi connectivity index (χ1v) is 9.55. The second kappa shape index (κ2) is 6.97. The van der Waals surface area contributed by atoms with Crippen molar-refractivity contribution < 1.29 is 14.7 Å². The van der Waals surface area contributed by atoms with E-state index in [2.05, 4.69) is 10.2 Å². The zero-order valence-electron chi connectivity index (χ0n) is 16.7. The molecule has 0 saturated heterocycles. The Morgan fingerprint density at radius 2 is 1.79 bits per heavy atom. The Labute approximate surface area is 169 Å². The Kier molecular flexibility index (Phi) is 4.59. The van der Waals surface area contributed by atoms with Gasteiger partial charge in [0, 0.05) is 11.3 Å². The number of rotatable bonds is 5. The van der Waals surface area contributed by atoms with Crippen LogP contribution in [0.2, 0.25) is 0 Å². The van der Waals surface area contributed by atoms with Gasteiger partial charge in [0.05, 0.1) is 29.9 Å². The molecule has 2 heterocycles. The Morgan fingerprint density at radius 1 is 1.10 bits per heavy atom. The normalized spacial score (nSPS) is 18.2. The number of H-pyrrole nitrogens is 1. The van der Waals surface area contributed by atoms with Crippen LogP contribution in [0, 0.1) is 20.8 Å². The molecule has 0 fully saturated rings. The highest BCUT2D eigenvalue weighted by molar-refractivity contribution is 6.11. The molecule has 3 aromatic rings. The fourth-order valence-corrected chi connectivity index (χ4v) is 3.99. The van der Waals surface area contributed by atoms with Crippen molar-refractivity contribution in [1.29, 1.82) is 0 Å². The van der Waals surface area contributed by atoms with Gasteiger partial charge < -0.3 is 10.0 Å². The standard InChI is InChI=1S/C23H23N3O3/c1-14-8-10-17(11-9-14)13-26-19-7-5-4-6-18(19)23(29,22(26)28)12-20(27)21-15(2)24-25-16(21)3/h4-11,29H,12-13H2,1-3H3,(H,24,25)/t23-/m1/s1. The molecule has 148 valence electrons. The van der Waals surface area contributed by atoms with Gasteiger partial charge in [0.1, 0.15) is 0 Å². The number of Topliss-reactive ketones (excluding diaryl/α,β-unsaturated/α-hetero) is 1. The topological polar surface area (TPSA) is 86.3 Å². The molecule has 0 aliphatic carbocycles. The van der Waals surface area contributed by atoms with E-state index in [0.29, 0.717) is 34.7 Å². The predicted octanol–water partition coefficient (Wildman–Crippen LogP) is 3.34. The maximum absolute atomic E-state index is 13.3. The molecule has 0 spiro atoms. The number of anilines is 1. The van der Waals surface area contributed by atoms with E-state index in [1.165, 1.54) is 0 Å². The van der Waals surface area contributed by atoms with Crippen molar-refractivity contribution in [3.8, 4) is 0 Å². The second-order valence-electron chi connectivity index (χ2n) is 7.66. The molecule has 29 heavy (non-hydrogen) atoms. The molecule has 1 amide bonds. The second-order valence-corrected chi connectivity index (χ2v) is 7.66. The first kappa shape index (κ1) is 19.1. The Balaban J connectivity index is 1.69. The lowest BCUT2D eigenvalue weighted by atomic mass is 9.87. The van der Waals surface area contributed by atoms with Crippen molar-refractivity contribution in [2.24, 2.45) is 0 Å². The smallest absolute Gasteiger partial charge is 0.264 e. The fourth-order valence-electron chi connectivity index (χ4n) is 3.99. The number of fused-ring (bicyclic) bond motifs is 1. The molecule has 0 unspecified atom stereocenters. The van der Waals surface area contributed by atoms with Crippen molar-refractivity contribution in [2.75, 3.05) is 4.90 Å². The van der Waals surface area contributed by atoms with E-state index in [4.69, 9.17) is 0 Å². The van der Waals surface area contributed by atoms with Gasteiger partial charge in [-0.3, -0.25) is 14.7 Å². The van der Waals surface area contributed by atoms with E-state index < -0.39 is 11.5 Å². The highest BCUT2D eigenvalue weighted by Gasteiger charge is 2.51. The van der Waals surface area contributed by atoms with Gasteiger partial charge in [-0.2, -0.15) is 5.10 Å².